The molecule has 1 heterocycles. The van der Waals surface area contributed by atoms with Crippen molar-refractivity contribution in [3.8, 4) is 0 Å². The van der Waals surface area contributed by atoms with Crippen molar-refractivity contribution in [2.24, 2.45) is 0 Å². The Hall–Kier alpha value is -0.830. The number of halogens is 1. The van der Waals surface area contributed by atoms with Crippen LogP contribution in [0.25, 0.3) is 11.0 Å². The standard InChI is InChI=1S/C11H13BrN2/c1-3-6-14-10-5-4-8(2)7-9(10)13-11(14)12/h4-5,7H,3,6H2,1-2H3. The first kappa shape index (κ1) is 9.71. The second-order valence-electron chi connectivity index (χ2n) is 3.52. The minimum absolute atomic E-state index is 0.931. The Kier molecular flexibility index (Phi) is 2.59. The lowest BCUT2D eigenvalue weighted by Gasteiger charge is -2.02. The predicted molar refractivity (Wildman–Crippen MR) is 62.5 cm³/mol. The molecule has 0 radical (unpaired) electrons. The highest BCUT2D eigenvalue weighted by Gasteiger charge is 2.06. The fourth-order valence-electron chi connectivity index (χ4n) is 1.65. The molecule has 1 aromatic carbocycles. The first-order valence-corrected chi connectivity index (χ1v) is 5.64. The molecule has 0 saturated carbocycles. The van der Waals surface area contributed by atoms with Gasteiger partial charge in [-0.3, -0.25) is 0 Å². The van der Waals surface area contributed by atoms with Gasteiger partial charge in [0.1, 0.15) is 0 Å². The van der Waals surface area contributed by atoms with Gasteiger partial charge >= 0.3 is 0 Å². The van der Waals surface area contributed by atoms with Crippen LogP contribution in [0.4, 0.5) is 0 Å². The van der Waals surface area contributed by atoms with E-state index in [-0.39, 0.29) is 0 Å². The van der Waals surface area contributed by atoms with Gasteiger partial charge in [-0.05, 0) is 47.0 Å². The molecule has 3 heteroatoms. The third-order valence-corrected chi connectivity index (χ3v) is 2.91. The van der Waals surface area contributed by atoms with E-state index in [0.717, 1.165) is 23.2 Å². The van der Waals surface area contributed by atoms with Crippen LogP contribution in [-0.2, 0) is 6.54 Å². The van der Waals surface area contributed by atoms with Gasteiger partial charge in [0.15, 0.2) is 4.73 Å². The molecule has 0 amide bonds. The number of nitrogens with zero attached hydrogens (tertiary/aromatic N) is 2. The smallest absolute Gasteiger partial charge is 0.178 e. The highest BCUT2D eigenvalue weighted by atomic mass is 79.9. The van der Waals surface area contributed by atoms with Crippen molar-refractivity contribution in [2.75, 3.05) is 0 Å². The minimum Gasteiger partial charge on any atom is -0.319 e. The average molecular weight is 253 g/mol. The number of rotatable bonds is 2. The summed E-state index contributed by atoms with van der Waals surface area (Å²) in [5, 5.41) is 0. The van der Waals surface area contributed by atoms with Gasteiger partial charge in [0.2, 0.25) is 0 Å². The molecule has 1 aromatic heterocycles. The highest BCUT2D eigenvalue weighted by molar-refractivity contribution is 9.10. The zero-order valence-corrected chi connectivity index (χ0v) is 10.0. The largest absolute Gasteiger partial charge is 0.319 e. The maximum absolute atomic E-state index is 4.47. The lowest BCUT2D eigenvalue weighted by molar-refractivity contribution is 0.682. The molecule has 2 nitrogen and oxygen atoms in total. The molecule has 0 spiro atoms. The summed E-state index contributed by atoms with van der Waals surface area (Å²) in [6.45, 7) is 5.28. The van der Waals surface area contributed by atoms with Crippen LogP contribution in [0, 0.1) is 6.92 Å². The SMILES string of the molecule is CCCn1c(Br)nc2cc(C)ccc21. The number of fused-ring (bicyclic) bond motifs is 1. The maximum atomic E-state index is 4.47. The molecule has 0 fully saturated rings. The Morgan fingerprint density at radius 3 is 2.93 bits per heavy atom. The minimum atomic E-state index is 0.931. The van der Waals surface area contributed by atoms with E-state index in [0.29, 0.717) is 0 Å². The van der Waals surface area contributed by atoms with Crippen molar-refractivity contribution in [2.45, 2.75) is 26.8 Å². The highest BCUT2D eigenvalue weighted by Crippen LogP contribution is 2.21. The second kappa shape index (κ2) is 3.73. The van der Waals surface area contributed by atoms with Crippen LogP contribution in [0.15, 0.2) is 22.9 Å². The zero-order valence-electron chi connectivity index (χ0n) is 8.42. The Morgan fingerprint density at radius 2 is 2.21 bits per heavy atom. The number of hydrogen-bond donors (Lipinski definition) is 0. The molecule has 14 heavy (non-hydrogen) atoms. The van der Waals surface area contributed by atoms with Crippen LogP contribution in [0.5, 0.6) is 0 Å². The summed E-state index contributed by atoms with van der Waals surface area (Å²) in [6, 6.07) is 6.38. The summed E-state index contributed by atoms with van der Waals surface area (Å²) in [5.74, 6) is 0. The van der Waals surface area contributed by atoms with Crippen molar-refractivity contribution in [3.05, 3.63) is 28.5 Å². The van der Waals surface area contributed by atoms with Gasteiger partial charge in [0.05, 0.1) is 11.0 Å². The van der Waals surface area contributed by atoms with Crippen LogP contribution in [0.1, 0.15) is 18.9 Å². The normalized spacial score (nSPS) is 11.1. The summed E-state index contributed by atoms with van der Waals surface area (Å²) in [4.78, 5) is 4.47. The number of aryl methyl sites for hydroxylation is 2. The number of benzene rings is 1. The molecule has 0 bridgehead atoms. The lowest BCUT2D eigenvalue weighted by atomic mass is 10.2. The maximum Gasteiger partial charge on any atom is 0.178 e. The topological polar surface area (TPSA) is 17.8 Å². The van der Waals surface area contributed by atoms with E-state index in [9.17, 15) is 0 Å². The molecular formula is C11H13BrN2. The molecule has 74 valence electrons. The first-order valence-electron chi connectivity index (χ1n) is 4.84. The van der Waals surface area contributed by atoms with E-state index >= 15 is 0 Å². The van der Waals surface area contributed by atoms with E-state index in [2.05, 4.69) is 57.5 Å². The van der Waals surface area contributed by atoms with Crippen LogP contribution < -0.4 is 0 Å². The van der Waals surface area contributed by atoms with E-state index in [4.69, 9.17) is 0 Å². The Bertz CT molecular complexity index is 460. The molecule has 0 saturated heterocycles. The predicted octanol–water partition coefficient (Wildman–Crippen LogP) is 3.52. The third kappa shape index (κ3) is 1.57. The monoisotopic (exact) mass is 252 g/mol. The molecular weight excluding hydrogens is 240 g/mol. The molecule has 0 aliphatic carbocycles. The van der Waals surface area contributed by atoms with Gasteiger partial charge in [-0.25, -0.2) is 4.98 Å². The average Bonchev–Trinajstić information content (AvgIpc) is 2.43. The van der Waals surface area contributed by atoms with E-state index in [1.54, 1.807) is 0 Å². The van der Waals surface area contributed by atoms with Crippen LogP contribution >= 0.6 is 15.9 Å². The van der Waals surface area contributed by atoms with Crippen LogP contribution in [-0.4, -0.2) is 9.55 Å². The van der Waals surface area contributed by atoms with Crippen molar-refractivity contribution >= 4 is 27.0 Å². The van der Waals surface area contributed by atoms with Crippen molar-refractivity contribution < 1.29 is 0 Å². The number of imidazole rings is 1. The van der Waals surface area contributed by atoms with Crippen molar-refractivity contribution in [1.82, 2.24) is 9.55 Å². The molecule has 0 N–H and O–H groups in total. The third-order valence-electron chi connectivity index (χ3n) is 2.30. The number of hydrogen-bond acceptors (Lipinski definition) is 1. The Balaban J connectivity index is 2.64. The quantitative estimate of drug-likeness (QED) is 0.800. The van der Waals surface area contributed by atoms with E-state index in [1.165, 1.54) is 11.1 Å². The first-order chi connectivity index (χ1) is 6.72. The fourth-order valence-corrected chi connectivity index (χ4v) is 2.21. The van der Waals surface area contributed by atoms with Gasteiger partial charge in [0, 0.05) is 6.54 Å². The lowest BCUT2D eigenvalue weighted by Crippen LogP contribution is -1.96. The molecule has 2 rings (SSSR count). The zero-order chi connectivity index (χ0) is 10.1. The molecule has 2 aromatic rings. The second-order valence-corrected chi connectivity index (χ2v) is 4.23. The van der Waals surface area contributed by atoms with Gasteiger partial charge in [-0.2, -0.15) is 0 Å². The Morgan fingerprint density at radius 1 is 1.43 bits per heavy atom. The van der Waals surface area contributed by atoms with Gasteiger partial charge in [0.25, 0.3) is 0 Å². The van der Waals surface area contributed by atoms with Gasteiger partial charge in [-0.15, -0.1) is 0 Å². The fraction of sp³-hybridized carbons (Fsp3) is 0.364. The summed E-state index contributed by atoms with van der Waals surface area (Å²) in [7, 11) is 0. The van der Waals surface area contributed by atoms with E-state index in [1.807, 2.05) is 0 Å². The van der Waals surface area contributed by atoms with E-state index < -0.39 is 0 Å². The summed E-state index contributed by atoms with van der Waals surface area (Å²) >= 11 is 3.49. The summed E-state index contributed by atoms with van der Waals surface area (Å²) in [5.41, 5.74) is 3.54. The molecule has 0 unspecified atom stereocenters. The number of aromatic nitrogens is 2. The van der Waals surface area contributed by atoms with Crippen molar-refractivity contribution in [3.63, 3.8) is 0 Å². The Labute approximate surface area is 92.1 Å². The van der Waals surface area contributed by atoms with Crippen LogP contribution in [0.2, 0.25) is 0 Å². The van der Waals surface area contributed by atoms with Gasteiger partial charge in [-0.1, -0.05) is 13.0 Å². The summed E-state index contributed by atoms with van der Waals surface area (Å²) in [6.07, 6.45) is 1.12. The molecule has 0 aliphatic heterocycles. The van der Waals surface area contributed by atoms with Gasteiger partial charge < -0.3 is 4.57 Å². The summed E-state index contributed by atoms with van der Waals surface area (Å²) < 4.78 is 3.13. The van der Waals surface area contributed by atoms with Crippen molar-refractivity contribution in [1.29, 1.82) is 0 Å². The molecule has 0 aliphatic rings. The molecule has 0 atom stereocenters. The van der Waals surface area contributed by atoms with Crippen LogP contribution in [0.3, 0.4) is 0 Å².